The van der Waals surface area contributed by atoms with Crippen LogP contribution in [0, 0.1) is 0 Å². The molecule has 102 valence electrons. The molecule has 0 aromatic carbocycles. The first-order valence-corrected chi connectivity index (χ1v) is 6.30. The lowest BCUT2D eigenvalue weighted by Gasteiger charge is -2.18. The maximum atomic E-state index is 5.82. The summed E-state index contributed by atoms with van der Waals surface area (Å²) in [5.41, 5.74) is 5.70. The number of nitrogens with two attached hydrogens (primary N) is 1. The number of nitrogens with zero attached hydrogens (tertiary/aromatic N) is 4. The van der Waals surface area contributed by atoms with Gasteiger partial charge in [0, 0.05) is 37.0 Å². The van der Waals surface area contributed by atoms with Crippen LogP contribution >= 0.6 is 0 Å². The molecule has 0 saturated heterocycles. The summed E-state index contributed by atoms with van der Waals surface area (Å²) in [7, 11) is 0. The largest absolute Gasteiger partial charge is 0.384 e. The minimum absolute atomic E-state index is 0.115. The van der Waals surface area contributed by atoms with Crippen molar-refractivity contribution < 1.29 is 0 Å². The Balaban J connectivity index is 2.02. The second-order valence-corrected chi connectivity index (χ2v) is 5.48. The third-order valence-corrected chi connectivity index (χ3v) is 2.65. The van der Waals surface area contributed by atoms with Gasteiger partial charge in [-0.2, -0.15) is 0 Å². The van der Waals surface area contributed by atoms with E-state index in [0.29, 0.717) is 5.82 Å². The number of hydrogen-bond donors (Lipinski definition) is 2. The summed E-state index contributed by atoms with van der Waals surface area (Å²) >= 11 is 0. The fourth-order valence-corrected chi connectivity index (χ4v) is 1.62. The van der Waals surface area contributed by atoms with Crippen LogP contribution in [0.4, 0.5) is 11.6 Å². The van der Waals surface area contributed by atoms with Crippen LogP contribution in [0.2, 0.25) is 0 Å². The van der Waals surface area contributed by atoms with Crippen molar-refractivity contribution >= 4 is 11.6 Å². The lowest BCUT2D eigenvalue weighted by Crippen LogP contribution is -2.19. The molecule has 19 heavy (non-hydrogen) atoms. The first kappa shape index (κ1) is 13.3. The molecular weight excluding hydrogens is 240 g/mol. The van der Waals surface area contributed by atoms with E-state index in [-0.39, 0.29) is 5.41 Å². The second-order valence-electron chi connectivity index (χ2n) is 5.48. The predicted molar refractivity (Wildman–Crippen MR) is 75.9 cm³/mol. The van der Waals surface area contributed by atoms with Crippen LogP contribution in [0.3, 0.4) is 0 Å². The molecule has 0 aliphatic heterocycles. The zero-order valence-electron chi connectivity index (χ0n) is 11.6. The van der Waals surface area contributed by atoms with Gasteiger partial charge in [-0.05, 0) is 0 Å². The Morgan fingerprint density at radius 2 is 2.11 bits per heavy atom. The van der Waals surface area contributed by atoms with Crippen molar-refractivity contribution in [3.63, 3.8) is 0 Å². The number of rotatable bonds is 4. The van der Waals surface area contributed by atoms with E-state index in [9.17, 15) is 0 Å². The summed E-state index contributed by atoms with van der Waals surface area (Å²) in [4.78, 5) is 12.8. The van der Waals surface area contributed by atoms with Crippen LogP contribution in [0.1, 0.15) is 26.6 Å². The summed E-state index contributed by atoms with van der Waals surface area (Å²) in [5, 5.41) is 3.26. The van der Waals surface area contributed by atoms with Gasteiger partial charge in [0.2, 0.25) is 0 Å². The van der Waals surface area contributed by atoms with E-state index in [1.165, 1.54) is 0 Å². The number of imidazole rings is 1. The Morgan fingerprint density at radius 1 is 1.32 bits per heavy atom. The fraction of sp³-hybridized carbons (Fsp3) is 0.462. The first-order chi connectivity index (χ1) is 8.95. The van der Waals surface area contributed by atoms with Gasteiger partial charge in [0.1, 0.15) is 17.5 Å². The van der Waals surface area contributed by atoms with Crippen LogP contribution in [0.5, 0.6) is 0 Å². The van der Waals surface area contributed by atoms with Gasteiger partial charge in [-0.3, -0.25) is 0 Å². The minimum atomic E-state index is -0.115. The van der Waals surface area contributed by atoms with Crippen LogP contribution in [-0.2, 0) is 12.0 Å². The smallest absolute Gasteiger partial charge is 0.138 e. The first-order valence-electron chi connectivity index (χ1n) is 6.30. The topological polar surface area (TPSA) is 81.6 Å². The number of nitrogen functional groups attached to an aromatic ring is 1. The van der Waals surface area contributed by atoms with Gasteiger partial charge in [-0.25, -0.2) is 15.0 Å². The van der Waals surface area contributed by atoms with Crippen LogP contribution in [0.25, 0.3) is 0 Å². The zero-order chi connectivity index (χ0) is 13.9. The molecule has 0 aliphatic carbocycles. The molecule has 6 nitrogen and oxygen atoms in total. The van der Waals surface area contributed by atoms with E-state index in [4.69, 9.17) is 5.73 Å². The fourth-order valence-electron chi connectivity index (χ4n) is 1.62. The van der Waals surface area contributed by atoms with Crippen molar-refractivity contribution in [1.82, 2.24) is 19.5 Å². The summed E-state index contributed by atoms with van der Waals surface area (Å²) < 4.78 is 2.00. The van der Waals surface area contributed by atoms with E-state index in [1.54, 1.807) is 18.6 Å². The summed E-state index contributed by atoms with van der Waals surface area (Å²) in [6.45, 7) is 7.79. The molecule has 0 bridgehead atoms. The lowest BCUT2D eigenvalue weighted by molar-refractivity contribution is 0.547. The molecule has 0 radical (unpaired) electrons. The highest BCUT2D eigenvalue weighted by molar-refractivity contribution is 5.45. The normalized spacial score (nSPS) is 11.5. The average molecular weight is 260 g/mol. The van der Waals surface area contributed by atoms with Crippen LogP contribution < -0.4 is 11.1 Å². The molecule has 0 aliphatic rings. The third-order valence-electron chi connectivity index (χ3n) is 2.65. The van der Waals surface area contributed by atoms with Crippen molar-refractivity contribution in [3.8, 4) is 0 Å². The number of aromatic nitrogens is 4. The monoisotopic (exact) mass is 260 g/mol. The third kappa shape index (κ3) is 3.67. The molecular formula is C13H20N6. The van der Waals surface area contributed by atoms with Crippen molar-refractivity contribution in [2.45, 2.75) is 32.7 Å². The zero-order valence-corrected chi connectivity index (χ0v) is 11.6. The maximum absolute atomic E-state index is 5.82. The van der Waals surface area contributed by atoms with Crippen LogP contribution in [0.15, 0.2) is 24.8 Å². The molecule has 2 rings (SSSR count). The Hall–Kier alpha value is -2.11. The van der Waals surface area contributed by atoms with E-state index >= 15 is 0 Å². The summed E-state index contributed by atoms with van der Waals surface area (Å²) in [6, 6.07) is 1.75. The molecule has 0 fully saturated rings. The van der Waals surface area contributed by atoms with E-state index in [2.05, 4.69) is 41.0 Å². The maximum Gasteiger partial charge on any atom is 0.138 e. The Kier molecular flexibility index (Phi) is 3.69. The van der Waals surface area contributed by atoms with Gasteiger partial charge in [0.05, 0.1) is 6.33 Å². The van der Waals surface area contributed by atoms with Gasteiger partial charge in [-0.15, -0.1) is 0 Å². The van der Waals surface area contributed by atoms with Crippen molar-refractivity contribution in [2.75, 3.05) is 17.6 Å². The SMILES string of the molecule is CC(C)(C)c1nc(N)cc(NCCn2ccnc2)n1. The van der Waals surface area contributed by atoms with E-state index < -0.39 is 0 Å². The Labute approximate surface area is 113 Å². The Bertz CT molecular complexity index is 527. The lowest BCUT2D eigenvalue weighted by atomic mass is 9.96. The van der Waals surface area contributed by atoms with Crippen molar-refractivity contribution in [2.24, 2.45) is 0 Å². The molecule has 2 aromatic heterocycles. The van der Waals surface area contributed by atoms with Crippen molar-refractivity contribution in [1.29, 1.82) is 0 Å². The highest BCUT2D eigenvalue weighted by atomic mass is 15.1. The number of anilines is 2. The van der Waals surface area contributed by atoms with Gasteiger partial charge < -0.3 is 15.6 Å². The summed E-state index contributed by atoms with van der Waals surface area (Å²) in [6.07, 6.45) is 5.48. The molecule has 0 spiro atoms. The van der Waals surface area contributed by atoms with E-state index in [0.717, 1.165) is 24.7 Å². The quantitative estimate of drug-likeness (QED) is 0.873. The predicted octanol–water partition coefficient (Wildman–Crippen LogP) is 1.66. The standard InChI is InChI=1S/C13H20N6/c1-13(2,3)12-17-10(14)8-11(18-12)16-5-7-19-6-4-15-9-19/h4,6,8-9H,5,7H2,1-3H3,(H3,14,16,17,18). The highest BCUT2D eigenvalue weighted by Crippen LogP contribution is 2.20. The molecule has 0 saturated carbocycles. The van der Waals surface area contributed by atoms with E-state index in [1.807, 2.05) is 10.8 Å². The van der Waals surface area contributed by atoms with Gasteiger partial charge in [0.15, 0.2) is 0 Å². The molecule has 0 unspecified atom stereocenters. The molecule has 0 amide bonds. The highest BCUT2D eigenvalue weighted by Gasteiger charge is 2.18. The van der Waals surface area contributed by atoms with Crippen molar-refractivity contribution in [3.05, 3.63) is 30.6 Å². The molecule has 2 heterocycles. The number of nitrogens with one attached hydrogen (secondary N) is 1. The Morgan fingerprint density at radius 3 is 2.74 bits per heavy atom. The van der Waals surface area contributed by atoms with Crippen LogP contribution in [-0.4, -0.2) is 26.1 Å². The molecule has 6 heteroatoms. The van der Waals surface area contributed by atoms with Gasteiger partial charge in [-0.1, -0.05) is 20.8 Å². The minimum Gasteiger partial charge on any atom is -0.384 e. The van der Waals surface area contributed by atoms with Gasteiger partial charge >= 0.3 is 0 Å². The molecule has 3 N–H and O–H groups in total. The van der Waals surface area contributed by atoms with Gasteiger partial charge in [0.25, 0.3) is 0 Å². The number of hydrogen-bond acceptors (Lipinski definition) is 5. The second kappa shape index (κ2) is 5.26. The average Bonchev–Trinajstić information content (AvgIpc) is 2.80. The molecule has 0 atom stereocenters. The summed E-state index contributed by atoms with van der Waals surface area (Å²) in [5.74, 6) is 2.00. The molecule has 2 aromatic rings.